The van der Waals surface area contributed by atoms with E-state index in [1.165, 1.54) is 18.2 Å². The Morgan fingerprint density at radius 3 is 2.45 bits per heavy atom. The monoisotopic (exact) mass is 327 g/mol. The van der Waals surface area contributed by atoms with Crippen molar-refractivity contribution in [1.29, 1.82) is 0 Å². The number of amides is 1. The second-order valence-electron chi connectivity index (χ2n) is 4.91. The molecule has 0 aliphatic carbocycles. The molecule has 0 saturated carbocycles. The summed E-state index contributed by atoms with van der Waals surface area (Å²) < 4.78 is 35.0. The quantitative estimate of drug-likeness (QED) is 0.729. The van der Waals surface area contributed by atoms with Crippen LogP contribution in [0.5, 0.6) is 0 Å². The molecule has 8 nitrogen and oxygen atoms in total. The molecule has 0 spiro atoms. The van der Waals surface area contributed by atoms with Crippen LogP contribution in [0.1, 0.15) is 6.42 Å². The Hall–Kier alpha value is -2.49. The molecule has 2 heterocycles. The summed E-state index contributed by atoms with van der Waals surface area (Å²) in [6.07, 6.45) is -0.504. The highest BCUT2D eigenvalue weighted by Crippen LogP contribution is 2.29. The maximum Gasteiger partial charge on any atom is 0.307 e. The fourth-order valence-corrected chi connectivity index (χ4v) is 3.20. The maximum absolute atomic E-state index is 13.1. The molecule has 0 bridgehead atoms. The summed E-state index contributed by atoms with van der Waals surface area (Å²) in [5, 5.41) is 2.83. The van der Waals surface area contributed by atoms with Gasteiger partial charge in [-0.2, -0.15) is 8.42 Å². The highest BCUT2D eigenvalue weighted by molar-refractivity contribution is 7.87. The lowest BCUT2D eigenvalue weighted by Crippen LogP contribution is -2.29. The van der Waals surface area contributed by atoms with Crippen LogP contribution < -0.4 is 16.0 Å². The number of benzene rings is 1. The van der Waals surface area contributed by atoms with Gasteiger partial charge in [0, 0.05) is 13.0 Å². The van der Waals surface area contributed by atoms with Crippen molar-refractivity contribution in [2.75, 3.05) is 11.4 Å². The maximum atomic E-state index is 13.1. The largest absolute Gasteiger partial charge is 0.310 e. The molecule has 2 aromatic rings. The summed E-state index contributed by atoms with van der Waals surface area (Å²) in [6, 6.07) is 4.26. The summed E-state index contributed by atoms with van der Waals surface area (Å²) in [6.45, 7) is -0.400. The molecule has 1 amide bonds. The van der Waals surface area contributed by atoms with Gasteiger partial charge in [-0.15, -0.1) is 3.89 Å². The number of aromatic amines is 2. The molecule has 0 radical (unpaired) electrons. The molecule has 1 saturated heterocycles. The number of hydrogen-bond acceptors (Lipinski definition) is 5. The van der Waals surface area contributed by atoms with Gasteiger partial charge in [0.15, 0.2) is 0 Å². The zero-order valence-corrected chi connectivity index (χ0v) is 11.8. The van der Waals surface area contributed by atoms with Gasteiger partial charge in [0.2, 0.25) is 5.91 Å². The fraction of sp³-hybridized carbons (Fsp3) is 0.250. The first-order valence-electron chi connectivity index (χ1n) is 6.26. The van der Waals surface area contributed by atoms with E-state index in [0.717, 1.165) is 4.90 Å². The van der Waals surface area contributed by atoms with Crippen molar-refractivity contribution in [3.63, 3.8) is 0 Å². The van der Waals surface area contributed by atoms with Crippen molar-refractivity contribution in [3.8, 4) is 0 Å². The van der Waals surface area contributed by atoms with Crippen LogP contribution >= 0.6 is 0 Å². The van der Waals surface area contributed by atoms with E-state index in [1.54, 1.807) is 0 Å². The van der Waals surface area contributed by atoms with Crippen molar-refractivity contribution in [2.24, 2.45) is 0 Å². The van der Waals surface area contributed by atoms with Crippen molar-refractivity contribution in [3.05, 3.63) is 38.9 Å². The Bertz CT molecular complexity index is 994. The standard InChI is InChI=1S/C12H10FN3O5S/c13-22(20,21)6-4-9(17)16(5-6)8-3-1-2-7-10(8)12(19)15-14-11(7)18/h1-3,6H,4-5H2,(H,14,18)(H,15,19). The average molecular weight is 327 g/mol. The number of nitrogens with one attached hydrogen (secondary N) is 2. The Labute approximate surface area is 122 Å². The predicted octanol–water partition coefficient (Wildman–Crippen LogP) is -0.379. The number of halogens is 1. The Morgan fingerprint density at radius 1 is 1.14 bits per heavy atom. The normalized spacial score (nSPS) is 19.0. The number of anilines is 1. The van der Waals surface area contributed by atoms with Crippen LogP contribution in [0.15, 0.2) is 27.8 Å². The first-order chi connectivity index (χ1) is 10.3. The van der Waals surface area contributed by atoms with Gasteiger partial charge >= 0.3 is 10.2 Å². The highest BCUT2D eigenvalue weighted by atomic mass is 32.3. The zero-order valence-electron chi connectivity index (χ0n) is 11.0. The molecule has 1 fully saturated rings. The lowest BCUT2D eigenvalue weighted by atomic mass is 10.1. The Balaban J connectivity index is 2.20. The minimum atomic E-state index is -4.86. The van der Waals surface area contributed by atoms with Crippen LogP contribution in [0.4, 0.5) is 9.57 Å². The summed E-state index contributed by atoms with van der Waals surface area (Å²) in [4.78, 5) is 36.6. The third-order valence-corrected chi connectivity index (χ3v) is 4.69. The first kappa shape index (κ1) is 14.4. The number of hydrogen-bond donors (Lipinski definition) is 2. The Morgan fingerprint density at radius 2 is 1.82 bits per heavy atom. The molecule has 2 N–H and O–H groups in total. The summed E-state index contributed by atoms with van der Waals surface area (Å²) in [5.74, 6) is -0.626. The van der Waals surface area contributed by atoms with Crippen LogP contribution in [-0.2, 0) is 15.0 Å². The lowest BCUT2D eigenvalue weighted by molar-refractivity contribution is -0.117. The molecule has 1 aromatic carbocycles. The predicted molar refractivity (Wildman–Crippen MR) is 76.0 cm³/mol. The summed E-state index contributed by atoms with van der Waals surface area (Å²) in [5.41, 5.74) is -1.11. The second-order valence-corrected chi connectivity index (χ2v) is 6.53. The number of carbonyl (C=O) groups excluding carboxylic acids is 1. The van der Waals surface area contributed by atoms with E-state index < -0.39 is 45.5 Å². The molecular weight excluding hydrogens is 317 g/mol. The summed E-state index contributed by atoms with van der Waals surface area (Å²) in [7, 11) is -4.86. The number of fused-ring (bicyclic) bond motifs is 1. The number of aromatic nitrogens is 2. The van der Waals surface area contributed by atoms with Gasteiger partial charge in [-0.25, -0.2) is 0 Å². The van der Waals surface area contributed by atoms with Crippen LogP contribution in [0.2, 0.25) is 0 Å². The van der Waals surface area contributed by atoms with Gasteiger partial charge in [-0.1, -0.05) is 6.07 Å². The topological polar surface area (TPSA) is 120 Å². The molecule has 22 heavy (non-hydrogen) atoms. The first-order valence-corrected chi connectivity index (χ1v) is 7.71. The van der Waals surface area contributed by atoms with E-state index in [1.807, 2.05) is 0 Å². The minimum absolute atomic E-state index is 0.0449. The number of nitrogens with zero attached hydrogens (tertiary/aromatic N) is 1. The molecule has 1 unspecified atom stereocenters. The smallest absolute Gasteiger partial charge is 0.307 e. The van der Waals surface area contributed by atoms with Crippen LogP contribution in [0.3, 0.4) is 0 Å². The van der Waals surface area contributed by atoms with Crippen LogP contribution in [-0.4, -0.2) is 36.3 Å². The van der Waals surface area contributed by atoms with Gasteiger partial charge < -0.3 is 4.90 Å². The molecule has 1 atom stereocenters. The van der Waals surface area contributed by atoms with Crippen molar-refractivity contribution >= 4 is 32.6 Å². The molecule has 1 aliphatic heterocycles. The second kappa shape index (κ2) is 4.77. The molecular formula is C12H10FN3O5S. The van der Waals surface area contributed by atoms with Crippen LogP contribution in [0, 0.1) is 0 Å². The summed E-state index contributed by atoms with van der Waals surface area (Å²) >= 11 is 0. The number of H-pyrrole nitrogens is 2. The highest BCUT2D eigenvalue weighted by Gasteiger charge is 2.39. The third-order valence-electron chi connectivity index (χ3n) is 3.58. The Kier molecular flexibility index (Phi) is 3.13. The average Bonchev–Trinajstić information content (AvgIpc) is 2.84. The van der Waals surface area contributed by atoms with Crippen molar-refractivity contribution < 1.29 is 17.1 Å². The van der Waals surface area contributed by atoms with E-state index in [9.17, 15) is 26.7 Å². The lowest BCUT2D eigenvalue weighted by Gasteiger charge is -2.17. The van der Waals surface area contributed by atoms with E-state index in [-0.39, 0.29) is 16.5 Å². The van der Waals surface area contributed by atoms with Gasteiger partial charge in [0.05, 0.1) is 16.5 Å². The van der Waals surface area contributed by atoms with Gasteiger partial charge in [0.25, 0.3) is 11.1 Å². The van der Waals surface area contributed by atoms with E-state index in [4.69, 9.17) is 0 Å². The molecule has 1 aliphatic rings. The molecule has 3 rings (SSSR count). The number of rotatable bonds is 2. The van der Waals surface area contributed by atoms with Gasteiger partial charge in [0.1, 0.15) is 5.25 Å². The van der Waals surface area contributed by atoms with Crippen LogP contribution in [0.25, 0.3) is 10.8 Å². The zero-order chi connectivity index (χ0) is 16.1. The van der Waals surface area contributed by atoms with Crippen molar-refractivity contribution in [1.82, 2.24) is 10.2 Å². The molecule has 116 valence electrons. The SMILES string of the molecule is O=C1CC(S(=O)(=O)F)CN1c1cccc2c(=O)[nH][nH]c(=O)c12. The van der Waals surface area contributed by atoms with Crippen molar-refractivity contribution in [2.45, 2.75) is 11.7 Å². The van der Waals surface area contributed by atoms with E-state index in [0.29, 0.717) is 0 Å². The third kappa shape index (κ3) is 2.21. The van der Waals surface area contributed by atoms with E-state index in [2.05, 4.69) is 10.2 Å². The fourth-order valence-electron chi connectivity index (χ4n) is 2.53. The van der Waals surface area contributed by atoms with Gasteiger partial charge in [-0.3, -0.25) is 24.6 Å². The van der Waals surface area contributed by atoms with Gasteiger partial charge in [-0.05, 0) is 12.1 Å². The number of carbonyl (C=O) groups is 1. The molecule has 1 aromatic heterocycles. The van der Waals surface area contributed by atoms with E-state index >= 15 is 0 Å². The minimum Gasteiger partial charge on any atom is -0.310 e. The molecule has 10 heteroatoms.